The quantitative estimate of drug-likeness (QED) is 0.635. The molecule has 0 saturated carbocycles. The van der Waals surface area contributed by atoms with Crippen LogP contribution in [0.15, 0.2) is 47.4 Å². The van der Waals surface area contributed by atoms with Gasteiger partial charge in [-0.05, 0) is 11.5 Å². The van der Waals surface area contributed by atoms with Crippen LogP contribution in [0.3, 0.4) is 0 Å². The van der Waals surface area contributed by atoms with Crippen LogP contribution in [0, 0.1) is 0 Å². The molecule has 0 aliphatic heterocycles. The highest BCUT2D eigenvalue weighted by Gasteiger charge is 2.40. The molecule has 0 saturated heterocycles. The fourth-order valence-electron chi connectivity index (χ4n) is 1.57. The standard InChI is InChI=1S/C10H7F3O3S2/c11-18(12,13)16-17(14,15)10-7-3-5-8-4-1-2-6-9(8)10/h1-7H/p+1. The fourth-order valence-corrected chi connectivity index (χ4v) is 3.50. The van der Waals surface area contributed by atoms with Crippen molar-refractivity contribution < 1.29 is 23.7 Å². The SMILES string of the molecule is O=S(=O)([OH+]S(F)(F)F)c1cccc2ccccc12. The molecule has 0 aliphatic carbocycles. The Labute approximate surface area is 104 Å². The highest BCUT2D eigenvalue weighted by molar-refractivity contribution is 8.20. The zero-order valence-corrected chi connectivity index (χ0v) is 10.4. The Kier molecular flexibility index (Phi) is 3.26. The molecule has 98 valence electrons. The van der Waals surface area contributed by atoms with Crippen LogP contribution in [0.2, 0.25) is 0 Å². The Hall–Kier alpha value is -1.25. The molecule has 2 aromatic rings. The van der Waals surface area contributed by atoms with Crippen LogP contribution in [0.4, 0.5) is 11.7 Å². The Morgan fingerprint density at radius 3 is 2.17 bits per heavy atom. The molecule has 8 heteroatoms. The smallest absolute Gasteiger partial charge is 0.197 e. The zero-order valence-electron chi connectivity index (χ0n) is 8.76. The van der Waals surface area contributed by atoms with Gasteiger partial charge < -0.3 is 0 Å². The van der Waals surface area contributed by atoms with E-state index in [0.717, 1.165) is 6.07 Å². The summed E-state index contributed by atoms with van der Waals surface area (Å²) in [6.45, 7) is 0. The molecule has 0 unspecified atom stereocenters. The van der Waals surface area contributed by atoms with Gasteiger partial charge in [-0.2, -0.15) is 3.63 Å². The van der Waals surface area contributed by atoms with Crippen LogP contribution in [0.5, 0.6) is 0 Å². The second kappa shape index (κ2) is 4.45. The lowest BCUT2D eigenvalue weighted by Crippen LogP contribution is -2.09. The van der Waals surface area contributed by atoms with Crippen LogP contribution in [-0.2, 0) is 10.1 Å². The maximum Gasteiger partial charge on any atom is 0.495 e. The summed E-state index contributed by atoms with van der Waals surface area (Å²) in [5.41, 5.74) is 0. The molecule has 0 spiro atoms. The van der Waals surface area contributed by atoms with Crippen molar-refractivity contribution in [3.63, 3.8) is 0 Å². The maximum atomic E-state index is 12.2. The van der Waals surface area contributed by atoms with Gasteiger partial charge >= 0.3 is 21.6 Å². The molecule has 1 N–H and O–H groups in total. The number of fused-ring (bicyclic) bond motifs is 1. The molecular formula is C10H8F3O3S2+. The molecule has 0 aromatic heterocycles. The number of hydrogen-bond acceptors (Lipinski definition) is 2. The normalized spacial score (nSPS) is 13.7. The molecule has 0 aliphatic rings. The van der Waals surface area contributed by atoms with Crippen LogP contribution in [0.25, 0.3) is 10.8 Å². The second-order valence-electron chi connectivity index (χ2n) is 3.41. The third-order valence-electron chi connectivity index (χ3n) is 2.21. The van der Waals surface area contributed by atoms with E-state index in [4.69, 9.17) is 0 Å². The Bertz CT molecular complexity index is 675. The van der Waals surface area contributed by atoms with Gasteiger partial charge in [-0.15, -0.1) is 8.42 Å². The topological polar surface area (TPSA) is 46.9 Å². The van der Waals surface area contributed by atoms with Crippen molar-refractivity contribution in [1.82, 2.24) is 0 Å². The van der Waals surface area contributed by atoms with Crippen molar-refractivity contribution in [3.8, 4) is 0 Å². The summed E-state index contributed by atoms with van der Waals surface area (Å²) in [6, 6.07) is 10.4. The summed E-state index contributed by atoms with van der Waals surface area (Å²) in [5, 5.41) is 0.776. The van der Waals surface area contributed by atoms with E-state index < -0.39 is 26.5 Å². The van der Waals surface area contributed by atoms with Gasteiger partial charge in [0.05, 0.1) is 0 Å². The van der Waals surface area contributed by atoms with E-state index >= 15 is 0 Å². The molecule has 18 heavy (non-hydrogen) atoms. The molecule has 0 amide bonds. The molecular weight excluding hydrogens is 289 g/mol. The van der Waals surface area contributed by atoms with Gasteiger partial charge in [0, 0.05) is 5.39 Å². The summed E-state index contributed by atoms with van der Waals surface area (Å²) in [7, 11) is -4.71. The maximum absolute atomic E-state index is 12.2. The predicted octanol–water partition coefficient (Wildman–Crippen LogP) is 4.00. The van der Waals surface area contributed by atoms with Crippen molar-refractivity contribution in [2.75, 3.05) is 0 Å². The second-order valence-corrected chi connectivity index (χ2v) is 6.16. The largest absolute Gasteiger partial charge is 0.495 e. The van der Waals surface area contributed by atoms with Crippen molar-refractivity contribution in [2.24, 2.45) is 0 Å². The lowest BCUT2D eigenvalue weighted by atomic mass is 10.1. The summed E-state index contributed by atoms with van der Waals surface area (Å²) in [6.07, 6.45) is 0. The Balaban J connectivity index is 2.61. The third-order valence-corrected chi connectivity index (χ3v) is 4.58. The summed E-state index contributed by atoms with van der Waals surface area (Å²) < 4.78 is 61.7. The van der Waals surface area contributed by atoms with Crippen LogP contribution in [0.1, 0.15) is 0 Å². The molecule has 0 bridgehead atoms. The average molecular weight is 297 g/mol. The Morgan fingerprint density at radius 2 is 1.50 bits per heavy atom. The van der Waals surface area contributed by atoms with Gasteiger partial charge in [-0.25, -0.2) is 0 Å². The number of hydrogen-bond donors (Lipinski definition) is 0. The average Bonchev–Trinajstić information content (AvgIpc) is 2.25. The first-order chi connectivity index (χ1) is 8.30. The highest BCUT2D eigenvalue weighted by atomic mass is 32.4. The van der Waals surface area contributed by atoms with Gasteiger partial charge in [0.25, 0.3) is 0 Å². The van der Waals surface area contributed by atoms with Gasteiger partial charge in [0.15, 0.2) is 4.90 Å². The van der Waals surface area contributed by atoms with E-state index in [2.05, 4.69) is 0 Å². The summed E-state index contributed by atoms with van der Waals surface area (Å²) >= 11 is -5.96. The Morgan fingerprint density at radius 1 is 0.889 bits per heavy atom. The minimum absolute atomic E-state index is 0.229. The van der Waals surface area contributed by atoms with Gasteiger partial charge in [0.2, 0.25) is 0 Å². The molecule has 2 rings (SSSR count). The van der Waals surface area contributed by atoms with Crippen LogP contribution in [-0.4, -0.2) is 12.0 Å². The third kappa shape index (κ3) is 2.77. The van der Waals surface area contributed by atoms with E-state index in [1.54, 1.807) is 24.3 Å². The molecule has 0 heterocycles. The minimum Gasteiger partial charge on any atom is -0.197 e. The summed E-state index contributed by atoms with van der Waals surface area (Å²) in [4.78, 5) is -0.426. The lowest BCUT2D eigenvalue weighted by Gasteiger charge is -2.07. The molecule has 0 fully saturated rings. The van der Waals surface area contributed by atoms with E-state index in [1.165, 1.54) is 12.1 Å². The molecule has 0 radical (unpaired) electrons. The lowest BCUT2D eigenvalue weighted by molar-refractivity contribution is 0.315. The number of benzene rings is 2. The van der Waals surface area contributed by atoms with Gasteiger partial charge in [-0.3, -0.25) is 0 Å². The van der Waals surface area contributed by atoms with E-state index in [-0.39, 0.29) is 5.39 Å². The first-order valence-electron chi connectivity index (χ1n) is 4.69. The number of halogens is 3. The van der Waals surface area contributed by atoms with Gasteiger partial charge in [0.1, 0.15) is 0 Å². The van der Waals surface area contributed by atoms with E-state index in [1.807, 2.05) is 3.63 Å². The molecule has 3 nitrogen and oxygen atoms in total. The van der Waals surface area contributed by atoms with Crippen molar-refractivity contribution >= 4 is 32.4 Å². The minimum atomic E-state index is -5.96. The predicted molar refractivity (Wildman–Crippen MR) is 64.7 cm³/mol. The monoisotopic (exact) mass is 297 g/mol. The first-order valence-corrected chi connectivity index (χ1v) is 7.42. The van der Waals surface area contributed by atoms with Crippen molar-refractivity contribution in [1.29, 1.82) is 0 Å². The van der Waals surface area contributed by atoms with E-state index in [0.29, 0.717) is 5.39 Å². The van der Waals surface area contributed by atoms with Crippen molar-refractivity contribution in [3.05, 3.63) is 42.5 Å². The van der Waals surface area contributed by atoms with Crippen molar-refractivity contribution in [2.45, 2.75) is 4.90 Å². The fraction of sp³-hybridized carbons (Fsp3) is 0. The van der Waals surface area contributed by atoms with Crippen LogP contribution >= 0.6 is 11.5 Å². The molecule has 0 atom stereocenters. The zero-order chi connectivity index (χ0) is 13.4. The van der Waals surface area contributed by atoms with Gasteiger partial charge in [-0.1, -0.05) is 48.1 Å². The number of rotatable bonds is 3. The molecule has 2 aromatic carbocycles. The highest BCUT2D eigenvalue weighted by Crippen LogP contribution is 2.54. The summed E-state index contributed by atoms with van der Waals surface area (Å²) in [5.74, 6) is 0. The van der Waals surface area contributed by atoms with E-state index in [9.17, 15) is 20.1 Å². The van der Waals surface area contributed by atoms with Crippen LogP contribution < -0.4 is 0 Å². The first kappa shape index (κ1) is 13.2.